The van der Waals surface area contributed by atoms with Crippen molar-refractivity contribution in [3.63, 3.8) is 0 Å². The normalized spacial score (nSPS) is 12.4. The zero-order valence-corrected chi connectivity index (χ0v) is 19.3. The van der Waals surface area contributed by atoms with E-state index in [1.54, 1.807) is 6.07 Å². The summed E-state index contributed by atoms with van der Waals surface area (Å²) in [7, 11) is 0. The van der Waals surface area contributed by atoms with E-state index in [2.05, 4.69) is 6.92 Å². The Hall–Kier alpha value is -0.970. The lowest BCUT2D eigenvalue weighted by atomic mass is 10.0. The van der Waals surface area contributed by atoms with Gasteiger partial charge in [-0.2, -0.15) is 0 Å². The molecular weight excluding hydrogens is 379 g/mol. The van der Waals surface area contributed by atoms with Crippen LogP contribution in [0.2, 0.25) is 0 Å². The van der Waals surface area contributed by atoms with Crippen LogP contribution in [0.1, 0.15) is 102 Å². The number of aliphatic hydroxyl groups is 1. The van der Waals surface area contributed by atoms with Crippen LogP contribution in [0.4, 0.5) is 4.39 Å². The maximum Gasteiger partial charge on any atom is 0.123 e. The molecule has 0 bridgehead atoms. The van der Waals surface area contributed by atoms with Crippen LogP contribution in [0.15, 0.2) is 24.3 Å². The van der Waals surface area contributed by atoms with Crippen molar-refractivity contribution in [1.29, 1.82) is 0 Å². The molecule has 1 rings (SSSR count). The van der Waals surface area contributed by atoms with Gasteiger partial charge in [-0.1, -0.05) is 103 Å². The second kappa shape index (κ2) is 20.0. The largest absolute Gasteiger partial charge is 0.394 e. The lowest BCUT2D eigenvalue weighted by Gasteiger charge is -2.16. The van der Waals surface area contributed by atoms with Crippen molar-refractivity contribution in [3.05, 3.63) is 35.6 Å². The van der Waals surface area contributed by atoms with Crippen LogP contribution >= 0.6 is 0 Å². The Bertz CT molecular complexity index is 495. The average Bonchev–Trinajstić information content (AvgIpc) is 2.75. The van der Waals surface area contributed by atoms with Crippen molar-refractivity contribution in [3.8, 4) is 0 Å². The van der Waals surface area contributed by atoms with Gasteiger partial charge in [-0.3, -0.25) is 0 Å². The standard InChI is InChI=1S/C26H45FO3/c1-2-3-4-5-6-7-8-9-10-11-12-13-14-15-19-29-23-26(21-28)30-22-24-17-16-18-25(27)20-24/h16-18,20,26,28H,2-15,19,21-23H2,1H3/t26-/m1/s1. The van der Waals surface area contributed by atoms with Gasteiger partial charge in [0.2, 0.25) is 0 Å². The topological polar surface area (TPSA) is 38.7 Å². The molecule has 0 aliphatic heterocycles. The molecule has 0 spiro atoms. The third-order valence-electron chi connectivity index (χ3n) is 5.52. The molecular formula is C26H45FO3. The van der Waals surface area contributed by atoms with E-state index in [-0.39, 0.29) is 25.1 Å². The SMILES string of the molecule is CCCCCCCCCCCCCCCCOC[C@@H](CO)OCc1cccc(F)c1. The van der Waals surface area contributed by atoms with E-state index in [0.717, 1.165) is 12.0 Å². The van der Waals surface area contributed by atoms with Crippen LogP contribution < -0.4 is 0 Å². The van der Waals surface area contributed by atoms with Crippen molar-refractivity contribution in [1.82, 2.24) is 0 Å². The molecule has 30 heavy (non-hydrogen) atoms. The molecule has 174 valence electrons. The van der Waals surface area contributed by atoms with Gasteiger partial charge in [0, 0.05) is 6.61 Å². The zero-order valence-electron chi connectivity index (χ0n) is 19.3. The fourth-order valence-electron chi connectivity index (χ4n) is 3.61. The lowest BCUT2D eigenvalue weighted by molar-refractivity contribution is -0.0503. The number of aliphatic hydroxyl groups excluding tert-OH is 1. The molecule has 0 aliphatic rings. The van der Waals surface area contributed by atoms with Crippen molar-refractivity contribution >= 4 is 0 Å². The number of rotatable bonds is 21. The highest BCUT2D eigenvalue weighted by molar-refractivity contribution is 5.15. The number of hydrogen-bond acceptors (Lipinski definition) is 3. The van der Waals surface area contributed by atoms with E-state index in [9.17, 15) is 9.50 Å². The summed E-state index contributed by atoms with van der Waals surface area (Å²) >= 11 is 0. The summed E-state index contributed by atoms with van der Waals surface area (Å²) in [5, 5.41) is 9.41. The first-order valence-corrected chi connectivity index (χ1v) is 12.3. The van der Waals surface area contributed by atoms with Gasteiger partial charge in [-0.15, -0.1) is 0 Å². The number of ether oxygens (including phenoxy) is 2. The number of benzene rings is 1. The number of hydrogen-bond donors (Lipinski definition) is 1. The zero-order chi connectivity index (χ0) is 21.7. The van der Waals surface area contributed by atoms with Crippen LogP contribution in [0.5, 0.6) is 0 Å². The molecule has 0 aromatic heterocycles. The Morgan fingerprint density at radius 2 is 1.40 bits per heavy atom. The Morgan fingerprint density at radius 1 is 0.833 bits per heavy atom. The third kappa shape index (κ3) is 15.8. The summed E-state index contributed by atoms with van der Waals surface area (Å²) in [6.45, 7) is 3.55. The Kier molecular flexibility index (Phi) is 18.0. The molecule has 1 atom stereocenters. The molecule has 0 unspecified atom stereocenters. The molecule has 1 aromatic rings. The highest BCUT2D eigenvalue weighted by Crippen LogP contribution is 2.13. The minimum Gasteiger partial charge on any atom is -0.394 e. The summed E-state index contributed by atoms with van der Waals surface area (Å²) in [5.41, 5.74) is 0.764. The summed E-state index contributed by atoms with van der Waals surface area (Å²) < 4.78 is 24.4. The van der Waals surface area contributed by atoms with E-state index in [0.29, 0.717) is 13.2 Å². The van der Waals surface area contributed by atoms with E-state index in [4.69, 9.17) is 9.47 Å². The second-order valence-corrected chi connectivity index (χ2v) is 8.42. The molecule has 4 heteroatoms. The van der Waals surface area contributed by atoms with E-state index >= 15 is 0 Å². The minimum atomic E-state index is -0.361. The monoisotopic (exact) mass is 424 g/mol. The quantitative estimate of drug-likeness (QED) is 0.212. The Morgan fingerprint density at radius 3 is 1.93 bits per heavy atom. The van der Waals surface area contributed by atoms with Gasteiger partial charge >= 0.3 is 0 Å². The van der Waals surface area contributed by atoms with Crippen LogP contribution in [0, 0.1) is 5.82 Å². The average molecular weight is 425 g/mol. The predicted octanol–water partition coefficient (Wildman–Crippen LogP) is 7.20. The highest BCUT2D eigenvalue weighted by Gasteiger charge is 2.08. The first-order valence-electron chi connectivity index (χ1n) is 12.3. The third-order valence-corrected chi connectivity index (χ3v) is 5.52. The fourth-order valence-corrected chi connectivity index (χ4v) is 3.61. The van der Waals surface area contributed by atoms with E-state index in [1.807, 2.05) is 6.07 Å². The Labute approximate surface area is 184 Å². The smallest absolute Gasteiger partial charge is 0.123 e. The molecule has 1 N–H and O–H groups in total. The molecule has 0 radical (unpaired) electrons. The molecule has 3 nitrogen and oxygen atoms in total. The van der Waals surface area contributed by atoms with Crippen molar-refractivity contribution in [2.75, 3.05) is 19.8 Å². The van der Waals surface area contributed by atoms with Crippen molar-refractivity contribution in [2.45, 2.75) is 110 Å². The first-order chi connectivity index (χ1) is 14.8. The molecule has 0 heterocycles. The van der Waals surface area contributed by atoms with Crippen molar-refractivity contribution in [2.24, 2.45) is 0 Å². The molecule has 0 aliphatic carbocycles. The van der Waals surface area contributed by atoms with Gasteiger partial charge in [-0.25, -0.2) is 4.39 Å². The fraction of sp³-hybridized carbons (Fsp3) is 0.769. The van der Waals surface area contributed by atoms with Crippen LogP contribution in [0.25, 0.3) is 0 Å². The summed E-state index contributed by atoms with van der Waals surface area (Å²) in [5.74, 6) is -0.272. The van der Waals surface area contributed by atoms with E-state index in [1.165, 1.54) is 95.6 Å². The second-order valence-electron chi connectivity index (χ2n) is 8.42. The lowest BCUT2D eigenvalue weighted by Crippen LogP contribution is -2.24. The van der Waals surface area contributed by atoms with Crippen LogP contribution in [-0.4, -0.2) is 31.0 Å². The summed E-state index contributed by atoms with van der Waals surface area (Å²) in [4.78, 5) is 0. The number of unbranched alkanes of at least 4 members (excludes halogenated alkanes) is 13. The van der Waals surface area contributed by atoms with Gasteiger partial charge in [0.25, 0.3) is 0 Å². The van der Waals surface area contributed by atoms with Crippen LogP contribution in [0.3, 0.4) is 0 Å². The van der Waals surface area contributed by atoms with Gasteiger partial charge in [0.15, 0.2) is 0 Å². The summed E-state index contributed by atoms with van der Waals surface area (Å²) in [6.07, 6.45) is 18.5. The molecule has 0 amide bonds. The minimum absolute atomic E-state index is 0.0892. The van der Waals surface area contributed by atoms with Crippen LogP contribution in [-0.2, 0) is 16.1 Å². The molecule has 0 saturated heterocycles. The number of halogens is 1. The molecule has 1 aromatic carbocycles. The highest BCUT2D eigenvalue weighted by atomic mass is 19.1. The van der Waals surface area contributed by atoms with Gasteiger partial charge < -0.3 is 14.6 Å². The van der Waals surface area contributed by atoms with Crippen molar-refractivity contribution < 1.29 is 19.0 Å². The maximum absolute atomic E-state index is 13.2. The predicted molar refractivity (Wildman–Crippen MR) is 123 cm³/mol. The summed E-state index contributed by atoms with van der Waals surface area (Å²) in [6, 6.07) is 6.33. The first kappa shape index (κ1) is 27.1. The van der Waals surface area contributed by atoms with E-state index < -0.39 is 0 Å². The Balaban J connectivity index is 1.85. The molecule has 0 fully saturated rings. The van der Waals surface area contributed by atoms with Gasteiger partial charge in [0.05, 0.1) is 19.8 Å². The van der Waals surface area contributed by atoms with Gasteiger partial charge in [-0.05, 0) is 24.1 Å². The molecule has 0 saturated carbocycles. The maximum atomic E-state index is 13.2. The van der Waals surface area contributed by atoms with Gasteiger partial charge in [0.1, 0.15) is 11.9 Å².